The molecular formula is C13H11BrN4. The lowest BCUT2D eigenvalue weighted by Gasteiger charge is -2.05. The summed E-state index contributed by atoms with van der Waals surface area (Å²) < 4.78 is 3.12. The van der Waals surface area contributed by atoms with E-state index in [-0.39, 0.29) is 0 Å². The number of hydrogen-bond donors (Lipinski definition) is 0. The van der Waals surface area contributed by atoms with Gasteiger partial charge in [-0.3, -0.25) is 0 Å². The van der Waals surface area contributed by atoms with Gasteiger partial charge in [0.15, 0.2) is 11.3 Å². The van der Waals surface area contributed by atoms with Gasteiger partial charge < -0.3 is 4.57 Å². The fourth-order valence-corrected chi connectivity index (χ4v) is 2.27. The van der Waals surface area contributed by atoms with Crippen LogP contribution in [0.5, 0.6) is 0 Å². The van der Waals surface area contributed by atoms with Crippen molar-refractivity contribution in [3.05, 3.63) is 52.5 Å². The van der Waals surface area contributed by atoms with E-state index < -0.39 is 0 Å². The zero-order chi connectivity index (χ0) is 12.5. The molecule has 3 aromatic rings. The molecule has 1 aromatic carbocycles. The molecule has 2 heterocycles. The Morgan fingerprint density at radius 2 is 2.00 bits per heavy atom. The van der Waals surface area contributed by atoms with Crippen molar-refractivity contribution < 1.29 is 0 Å². The van der Waals surface area contributed by atoms with Gasteiger partial charge in [0.25, 0.3) is 0 Å². The van der Waals surface area contributed by atoms with Crippen molar-refractivity contribution in [2.45, 2.75) is 13.5 Å². The van der Waals surface area contributed by atoms with Gasteiger partial charge in [-0.15, -0.1) is 0 Å². The molecule has 0 saturated carbocycles. The van der Waals surface area contributed by atoms with E-state index in [0.29, 0.717) is 5.65 Å². The maximum Gasteiger partial charge on any atom is 0.197 e. The van der Waals surface area contributed by atoms with Crippen LogP contribution in [0, 0.1) is 6.92 Å². The Labute approximate surface area is 113 Å². The Bertz CT molecular complexity index is 705. The first kappa shape index (κ1) is 11.3. The number of aryl methyl sites for hydroxylation is 1. The van der Waals surface area contributed by atoms with Crippen LogP contribution in [0.4, 0.5) is 0 Å². The standard InChI is InChI=1S/C13H11BrN4/c1-9-2-3-10(6-11(9)14)7-18-8-17-12-13(18)16-5-4-15-12/h2-6,8H,7H2,1H3. The molecule has 0 aliphatic carbocycles. The number of imidazole rings is 1. The molecule has 18 heavy (non-hydrogen) atoms. The van der Waals surface area contributed by atoms with Crippen molar-refractivity contribution >= 4 is 27.2 Å². The number of nitrogens with zero attached hydrogens (tertiary/aromatic N) is 4. The van der Waals surface area contributed by atoms with E-state index in [4.69, 9.17) is 0 Å². The third-order valence-electron chi connectivity index (χ3n) is 2.84. The van der Waals surface area contributed by atoms with E-state index in [9.17, 15) is 0 Å². The summed E-state index contributed by atoms with van der Waals surface area (Å²) in [5, 5.41) is 0. The van der Waals surface area contributed by atoms with Crippen molar-refractivity contribution in [1.29, 1.82) is 0 Å². The topological polar surface area (TPSA) is 43.6 Å². The lowest BCUT2D eigenvalue weighted by molar-refractivity contribution is 0.813. The highest BCUT2D eigenvalue weighted by atomic mass is 79.9. The monoisotopic (exact) mass is 302 g/mol. The highest BCUT2D eigenvalue weighted by Gasteiger charge is 2.05. The van der Waals surface area contributed by atoms with E-state index in [2.05, 4.69) is 56.0 Å². The fourth-order valence-electron chi connectivity index (χ4n) is 1.84. The van der Waals surface area contributed by atoms with Crippen molar-refractivity contribution in [1.82, 2.24) is 19.5 Å². The average Bonchev–Trinajstić information content (AvgIpc) is 2.78. The lowest BCUT2D eigenvalue weighted by Crippen LogP contribution is -1.99. The quantitative estimate of drug-likeness (QED) is 0.731. The van der Waals surface area contributed by atoms with Crippen LogP contribution in [0.15, 0.2) is 41.4 Å². The summed E-state index contributed by atoms with van der Waals surface area (Å²) in [6.07, 6.45) is 5.12. The predicted octanol–water partition coefficient (Wildman–Crippen LogP) is 2.95. The number of aromatic nitrogens is 4. The zero-order valence-electron chi connectivity index (χ0n) is 9.84. The second-order valence-corrected chi connectivity index (χ2v) is 5.01. The van der Waals surface area contributed by atoms with Crippen LogP contribution in [0.2, 0.25) is 0 Å². The van der Waals surface area contributed by atoms with Crippen LogP contribution in [0.3, 0.4) is 0 Å². The highest BCUT2D eigenvalue weighted by Crippen LogP contribution is 2.19. The van der Waals surface area contributed by atoms with E-state index in [1.807, 2.05) is 4.57 Å². The summed E-state index contributed by atoms with van der Waals surface area (Å²) >= 11 is 3.55. The van der Waals surface area contributed by atoms with Crippen molar-refractivity contribution in [2.75, 3.05) is 0 Å². The van der Waals surface area contributed by atoms with Gasteiger partial charge >= 0.3 is 0 Å². The largest absolute Gasteiger partial charge is 0.309 e. The van der Waals surface area contributed by atoms with E-state index >= 15 is 0 Å². The average molecular weight is 303 g/mol. The van der Waals surface area contributed by atoms with E-state index in [0.717, 1.165) is 16.7 Å². The number of halogens is 1. The van der Waals surface area contributed by atoms with Crippen molar-refractivity contribution in [3.63, 3.8) is 0 Å². The summed E-state index contributed by atoms with van der Waals surface area (Å²) in [6.45, 7) is 2.82. The predicted molar refractivity (Wildman–Crippen MR) is 73.3 cm³/mol. The molecule has 0 fully saturated rings. The molecule has 0 aliphatic heterocycles. The summed E-state index contributed by atoms with van der Waals surface area (Å²) in [4.78, 5) is 12.7. The van der Waals surface area contributed by atoms with Gasteiger partial charge in [-0.05, 0) is 24.1 Å². The van der Waals surface area contributed by atoms with Crippen LogP contribution >= 0.6 is 15.9 Å². The summed E-state index contributed by atoms with van der Waals surface area (Å²) in [5.41, 5.74) is 3.93. The molecule has 0 aliphatic rings. The third-order valence-corrected chi connectivity index (χ3v) is 3.70. The highest BCUT2D eigenvalue weighted by molar-refractivity contribution is 9.10. The first-order valence-electron chi connectivity index (χ1n) is 5.61. The van der Waals surface area contributed by atoms with Crippen LogP contribution < -0.4 is 0 Å². The first-order valence-corrected chi connectivity index (χ1v) is 6.40. The molecule has 0 atom stereocenters. The van der Waals surface area contributed by atoms with Crippen LogP contribution in [0.1, 0.15) is 11.1 Å². The van der Waals surface area contributed by atoms with Gasteiger partial charge in [-0.1, -0.05) is 28.1 Å². The van der Waals surface area contributed by atoms with Gasteiger partial charge in [0.2, 0.25) is 0 Å². The van der Waals surface area contributed by atoms with Gasteiger partial charge in [-0.2, -0.15) is 0 Å². The molecule has 2 aromatic heterocycles. The van der Waals surface area contributed by atoms with E-state index in [1.165, 1.54) is 11.1 Å². The summed E-state index contributed by atoms with van der Waals surface area (Å²) in [6, 6.07) is 6.34. The SMILES string of the molecule is Cc1ccc(Cn2cnc3nccnc32)cc1Br. The molecule has 90 valence electrons. The molecule has 0 unspecified atom stereocenters. The number of hydrogen-bond acceptors (Lipinski definition) is 3. The molecule has 3 rings (SSSR count). The minimum absolute atomic E-state index is 0.684. The summed E-state index contributed by atoms with van der Waals surface area (Å²) in [7, 11) is 0. The number of benzene rings is 1. The molecule has 4 nitrogen and oxygen atoms in total. The van der Waals surface area contributed by atoms with Gasteiger partial charge in [0, 0.05) is 16.9 Å². The minimum atomic E-state index is 0.684. The number of fused-ring (bicyclic) bond motifs is 1. The minimum Gasteiger partial charge on any atom is -0.309 e. The molecule has 0 amide bonds. The maximum atomic E-state index is 4.30. The molecule has 0 bridgehead atoms. The normalized spacial score (nSPS) is 11.0. The number of rotatable bonds is 2. The van der Waals surface area contributed by atoms with Crippen LogP contribution in [0.25, 0.3) is 11.3 Å². The van der Waals surface area contributed by atoms with E-state index in [1.54, 1.807) is 18.7 Å². The fraction of sp³-hybridized carbons (Fsp3) is 0.154. The Morgan fingerprint density at radius 1 is 1.17 bits per heavy atom. The smallest absolute Gasteiger partial charge is 0.197 e. The van der Waals surface area contributed by atoms with Crippen LogP contribution in [-0.4, -0.2) is 19.5 Å². The van der Waals surface area contributed by atoms with Gasteiger partial charge in [-0.25, -0.2) is 15.0 Å². The van der Waals surface area contributed by atoms with Crippen molar-refractivity contribution in [3.8, 4) is 0 Å². The molecule has 0 spiro atoms. The maximum absolute atomic E-state index is 4.30. The lowest BCUT2D eigenvalue weighted by atomic mass is 10.1. The molecular weight excluding hydrogens is 292 g/mol. The first-order chi connectivity index (χ1) is 8.74. The van der Waals surface area contributed by atoms with Gasteiger partial charge in [0.05, 0.1) is 12.9 Å². The Kier molecular flexibility index (Phi) is 2.83. The second-order valence-electron chi connectivity index (χ2n) is 4.16. The summed E-state index contributed by atoms with van der Waals surface area (Å²) in [5.74, 6) is 0. The molecule has 0 saturated heterocycles. The van der Waals surface area contributed by atoms with Gasteiger partial charge in [0.1, 0.15) is 0 Å². The zero-order valence-corrected chi connectivity index (χ0v) is 11.4. The molecule has 0 N–H and O–H groups in total. The third kappa shape index (κ3) is 2.01. The molecule has 0 radical (unpaired) electrons. The Hall–Kier alpha value is -1.75. The molecule has 5 heteroatoms. The van der Waals surface area contributed by atoms with Crippen LogP contribution in [-0.2, 0) is 6.54 Å². The second kappa shape index (κ2) is 4.49. The Balaban J connectivity index is 1.98. The van der Waals surface area contributed by atoms with Crippen molar-refractivity contribution in [2.24, 2.45) is 0 Å². The Morgan fingerprint density at radius 3 is 2.83 bits per heavy atom.